The summed E-state index contributed by atoms with van der Waals surface area (Å²) < 4.78 is 84.2. The fraction of sp³-hybridized carbons (Fsp3) is 0.355. The summed E-state index contributed by atoms with van der Waals surface area (Å²) in [4.78, 5) is 28.1. The van der Waals surface area contributed by atoms with Crippen molar-refractivity contribution in [2.24, 2.45) is 0 Å². The third-order valence-electron chi connectivity index (χ3n) is 7.57. The van der Waals surface area contributed by atoms with E-state index in [9.17, 15) is 35.6 Å². The highest BCUT2D eigenvalue weighted by atomic mass is 35.5. The van der Waals surface area contributed by atoms with Crippen molar-refractivity contribution in [3.63, 3.8) is 0 Å². The minimum atomic E-state index is -4.91. The van der Waals surface area contributed by atoms with E-state index < -0.39 is 69.2 Å². The summed E-state index contributed by atoms with van der Waals surface area (Å²) in [5, 5.41) is 2.27. The number of anilines is 1. The average molecular weight is 654 g/mol. The van der Waals surface area contributed by atoms with E-state index in [0.717, 1.165) is 49.1 Å². The van der Waals surface area contributed by atoms with Crippen molar-refractivity contribution >= 4 is 39.1 Å². The van der Waals surface area contributed by atoms with Gasteiger partial charge in [-0.1, -0.05) is 67.3 Å². The molecule has 1 atom stereocenters. The Hall–Kier alpha value is -3.64. The van der Waals surface area contributed by atoms with Gasteiger partial charge < -0.3 is 10.2 Å². The van der Waals surface area contributed by atoms with Crippen molar-refractivity contribution in [3.05, 3.63) is 94.8 Å². The zero-order valence-corrected chi connectivity index (χ0v) is 25.4. The van der Waals surface area contributed by atoms with Crippen LogP contribution >= 0.6 is 11.6 Å². The number of benzene rings is 3. The number of hydrogen-bond acceptors (Lipinski definition) is 4. The molecule has 44 heavy (non-hydrogen) atoms. The van der Waals surface area contributed by atoms with Crippen molar-refractivity contribution in [3.8, 4) is 0 Å². The first-order chi connectivity index (χ1) is 20.8. The van der Waals surface area contributed by atoms with Crippen LogP contribution in [0.5, 0.6) is 0 Å². The lowest BCUT2D eigenvalue weighted by atomic mass is 9.95. The van der Waals surface area contributed by atoms with Gasteiger partial charge in [0.15, 0.2) is 0 Å². The number of nitrogens with zero attached hydrogens (tertiary/aromatic N) is 2. The summed E-state index contributed by atoms with van der Waals surface area (Å²) in [5.74, 6) is -2.08. The van der Waals surface area contributed by atoms with E-state index >= 15 is 0 Å². The molecule has 13 heteroatoms. The van der Waals surface area contributed by atoms with Gasteiger partial charge in [-0.15, -0.1) is 0 Å². The monoisotopic (exact) mass is 653 g/mol. The molecule has 1 saturated carbocycles. The molecule has 0 aliphatic heterocycles. The molecule has 1 aliphatic rings. The average Bonchev–Trinajstić information content (AvgIpc) is 2.99. The number of carbonyl (C=O) groups excluding carboxylic acids is 2. The molecule has 3 aromatic rings. The van der Waals surface area contributed by atoms with Crippen LogP contribution in [0.1, 0.15) is 50.2 Å². The molecule has 0 aromatic heterocycles. The quantitative estimate of drug-likeness (QED) is 0.251. The van der Waals surface area contributed by atoms with Crippen LogP contribution in [-0.4, -0.2) is 43.8 Å². The van der Waals surface area contributed by atoms with Gasteiger partial charge >= 0.3 is 6.18 Å². The highest BCUT2D eigenvalue weighted by Gasteiger charge is 2.37. The van der Waals surface area contributed by atoms with E-state index in [2.05, 4.69) is 5.32 Å². The number of alkyl halides is 3. The molecule has 1 aliphatic carbocycles. The van der Waals surface area contributed by atoms with Gasteiger partial charge in [0.05, 0.1) is 21.2 Å². The Morgan fingerprint density at radius 3 is 2.25 bits per heavy atom. The van der Waals surface area contributed by atoms with E-state index in [1.165, 1.54) is 49.4 Å². The first kappa shape index (κ1) is 33.3. The summed E-state index contributed by atoms with van der Waals surface area (Å²) in [6.45, 7) is 0.0705. The summed E-state index contributed by atoms with van der Waals surface area (Å²) in [6, 6.07) is 13.8. The molecule has 2 amide bonds. The Balaban J connectivity index is 1.74. The predicted octanol–water partition coefficient (Wildman–Crippen LogP) is 6.56. The van der Waals surface area contributed by atoms with Crippen LogP contribution < -0.4 is 9.62 Å². The number of amides is 2. The molecule has 0 bridgehead atoms. The van der Waals surface area contributed by atoms with E-state index in [4.69, 9.17) is 11.6 Å². The van der Waals surface area contributed by atoms with Crippen molar-refractivity contribution in [2.45, 2.75) is 68.7 Å². The SMILES string of the molecule is C[C@H](C(=O)NC1CCCCC1)N(Cc1ccccc1F)C(=O)CN(c1ccc(Cl)c(C(F)(F)F)c1)S(=O)(=O)c1ccccc1. The second kappa shape index (κ2) is 14.0. The van der Waals surface area contributed by atoms with Crippen molar-refractivity contribution in [1.29, 1.82) is 0 Å². The van der Waals surface area contributed by atoms with E-state index in [1.807, 2.05) is 0 Å². The molecule has 0 saturated heterocycles. The van der Waals surface area contributed by atoms with Crippen LogP contribution in [0, 0.1) is 5.82 Å². The van der Waals surface area contributed by atoms with Gasteiger partial charge in [-0.3, -0.25) is 13.9 Å². The topological polar surface area (TPSA) is 86.8 Å². The maximum Gasteiger partial charge on any atom is 0.417 e. The summed E-state index contributed by atoms with van der Waals surface area (Å²) in [6.07, 6.45) is -0.467. The van der Waals surface area contributed by atoms with Crippen LogP contribution in [0.3, 0.4) is 0 Å². The Kier molecular flexibility index (Phi) is 10.6. The molecule has 4 rings (SSSR count). The lowest BCUT2D eigenvalue weighted by Gasteiger charge is -2.33. The lowest BCUT2D eigenvalue weighted by molar-refractivity contribution is -0.139. The molecule has 7 nitrogen and oxygen atoms in total. The second-order valence-electron chi connectivity index (χ2n) is 10.6. The van der Waals surface area contributed by atoms with Crippen molar-refractivity contribution in [1.82, 2.24) is 10.2 Å². The van der Waals surface area contributed by atoms with Gasteiger partial charge in [0, 0.05) is 18.2 Å². The van der Waals surface area contributed by atoms with E-state index in [-0.39, 0.29) is 16.5 Å². The molecule has 0 unspecified atom stereocenters. The largest absolute Gasteiger partial charge is 0.417 e. The van der Waals surface area contributed by atoms with Crippen LogP contribution in [0.4, 0.5) is 23.2 Å². The number of nitrogens with one attached hydrogen (secondary N) is 1. The zero-order valence-electron chi connectivity index (χ0n) is 23.9. The second-order valence-corrected chi connectivity index (χ2v) is 12.9. The molecule has 3 aromatic carbocycles. The highest BCUT2D eigenvalue weighted by Crippen LogP contribution is 2.38. The minimum absolute atomic E-state index is 0.0708. The van der Waals surface area contributed by atoms with Crippen LogP contribution in [0.15, 0.2) is 77.7 Å². The molecule has 1 fully saturated rings. The van der Waals surface area contributed by atoms with Crippen LogP contribution in [0.25, 0.3) is 0 Å². The van der Waals surface area contributed by atoms with Gasteiger partial charge in [0.1, 0.15) is 18.4 Å². The summed E-state index contributed by atoms with van der Waals surface area (Å²) in [7, 11) is -4.61. The van der Waals surface area contributed by atoms with Crippen molar-refractivity contribution < 1.29 is 35.6 Å². The van der Waals surface area contributed by atoms with Crippen LogP contribution in [0.2, 0.25) is 5.02 Å². The normalized spacial score (nSPS) is 15.0. The minimum Gasteiger partial charge on any atom is -0.352 e. The highest BCUT2D eigenvalue weighted by molar-refractivity contribution is 7.92. The third kappa shape index (κ3) is 7.89. The number of sulfonamides is 1. The van der Waals surface area contributed by atoms with Crippen LogP contribution in [-0.2, 0) is 32.3 Å². The molecular weight excluding hydrogens is 622 g/mol. The molecule has 0 heterocycles. The number of carbonyl (C=O) groups is 2. The molecule has 0 radical (unpaired) electrons. The third-order valence-corrected chi connectivity index (χ3v) is 9.69. The zero-order chi connectivity index (χ0) is 32.1. The fourth-order valence-corrected chi connectivity index (χ4v) is 6.75. The first-order valence-corrected chi connectivity index (χ1v) is 15.9. The summed E-state index contributed by atoms with van der Waals surface area (Å²) >= 11 is 5.79. The Bertz CT molecular complexity index is 1580. The van der Waals surface area contributed by atoms with Gasteiger partial charge in [0.25, 0.3) is 10.0 Å². The van der Waals surface area contributed by atoms with Gasteiger partial charge in [0.2, 0.25) is 11.8 Å². The summed E-state index contributed by atoms with van der Waals surface area (Å²) in [5.41, 5.74) is -1.69. The van der Waals surface area contributed by atoms with E-state index in [0.29, 0.717) is 10.4 Å². The molecule has 236 valence electrons. The maximum absolute atomic E-state index is 14.7. The van der Waals surface area contributed by atoms with Gasteiger partial charge in [-0.2, -0.15) is 13.2 Å². The first-order valence-electron chi connectivity index (χ1n) is 14.1. The number of halogens is 5. The van der Waals surface area contributed by atoms with Gasteiger partial charge in [-0.25, -0.2) is 12.8 Å². The Morgan fingerprint density at radius 1 is 0.977 bits per heavy atom. The fourth-order valence-electron chi connectivity index (χ4n) is 5.10. The standard InChI is InChI=1S/C31H32ClF4N3O4S/c1-21(30(41)37-23-11-4-2-5-12-23)38(19-22-10-8-9-15-28(22)33)29(40)20-39(44(42,43)25-13-6-3-7-14-25)24-16-17-27(32)26(18-24)31(34,35)36/h3,6-10,13-18,21,23H,2,4-5,11-12,19-20H2,1H3,(H,37,41)/t21-/m1/s1. The smallest absolute Gasteiger partial charge is 0.352 e. The molecule has 0 spiro atoms. The number of rotatable bonds is 10. The van der Waals surface area contributed by atoms with E-state index in [1.54, 1.807) is 12.1 Å². The maximum atomic E-state index is 14.7. The number of hydrogen-bond donors (Lipinski definition) is 1. The lowest BCUT2D eigenvalue weighted by Crippen LogP contribution is -2.53. The Labute approximate surface area is 258 Å². The predicted molar refractivity (Wildman–Crippen MR) is 159 cm³/mol. The van der Waals surface area contributed by atoms with Gasteiger partial charge in [-0.05, 0) is 56.2 Å². The Morgan fingerprint density at radius 2 is 1.61 bits per heavy atom. The molecular formula is C31H32ClF4N3O4S. The molecule has 1 N–H and O–H groups in total. The van der Waals surface area contributed by atoms with Crippen molar-refractivity contribution in [2.75, 3.05) is 10.8 Å².